The van der Waals surface area contributed by atoms with Crippen LogP contribution in [0.1, 0.15) is 140 Å². The molecule has 2 saturated heterocycles. The number of nitrogens with one attached hydrogen (secondary N) is 2. The van der Waals surface area contributed by atoms with Gasteiger partial charge < -0.3 is 72.5 Å². The molecule has 13 rings (SSSR count). The molecule has 24 atom stereocenters. The molecule has 494 valence electrons. The molecule has 0 radical (unpaired) electrons. The number of guanidine groups is 1. The summed E-state index contributed by atoms with van der Waals surface area (Å²) in [6.07, 6.45) is 11.5. The molecular formula is C71H95N5O13S2. The highest BCUT2D eigenvalue weighted by Crippen LogP contribution is 2.75. The van der Waals surface area contributed by atoms with Gasteiger partial charge in [0.05, 0.1) is 54.3 Å². The molecule has 1 aromatic heterocycles. The number of carbonyl (C=O) groups excluding carboxylic acids is 3. The molecule has 9 aliphatic carbocycles. The zero-order chi connectivity index (χ0) is 64.1. The lowest BCUT2D eigenvalue weighted by molar-refractivity contribution is -0.209. The van der Waals surface area contributed by atoms with Crippen LogP contribution in [0.2, 0.25) is 0 Å². The summed E-state index contributed by atoms with van der Waals surface area (Å²) in [7, 11) is 3.01. The number of Topliss-reactive ketones (excluding diaryl/α,β-unsaturated/α-hetero) is 2. The number of carbonyl (C=O) groups is 3. The van der Waals surface area contributed by atoms with E-state index in [9.17, 15) is 45.6 Å². The van der Waals surface area contributed by atoms with Gasteiger partial charge in [0.15, 0.2) is 23.8 Å². The number of aromatic hydroxyl groups is 1. The molecular weight excluding hydrogens is 1190 g/mol. The van der Waals surface area contributed by atoms with Crippen LogP contribution in [0.3, 0.4) is 0 Å². The number of aromatic amines is 1. The molecule has 0 unspecified atom stereocenters. The number of aliphatic hydroxyl groups is 8. The highest BCUT2D eigenvalue weighted by atomic mass is 33.1. The lowest BCUT2D eigenvalue weighted by Crippen LogP contribution is -2.69. The number of esters is 1. The number of aromatic nitrogens is 1. The Morgan fingerprint density at radius 1 is 0.923 bits per heavy atom. The van der Waals surface area contributed by atoms with E-state index in [0.29, 0.717) is 23.7 Å². The van der Waals surface area contributed by atoms with Crippen LogP contribution in [-0.4, -0.2) is 148 Å². The summed E-state index contributed by atoms with van der Waals surface area (Å²) < 4.78 is 6.04. The van der Waals surface area contributed by atoms with E-state index in [1.807, 2.05) is 12.3 Å². The smallest absolute Gasteiger partial charge is 0.313 e. The molecule has 91 heavy (non-hydrogen) atoms. The summed E-state index contributed by atoms with van der Waals surface area (Å²) in [5, 5.41) is 117. The van der Waals surface area contributed by atoms with Crippen molar-refractivity contribution in [3.63, 3.8) is 0 Å². The summed E-state index contributed by atoms with van der Waals surface area (Å²) in [5.74, 6) is -1.07. The van der Waals surface area contributed by atoms with E-state index in [1.165, 1.54) is 27.2 Å². The van der Waals surface area contributed by atoms with Crippen molar-refractivity contribution >= 4 is 45.1 Å². The van der Waals surface area contributed by atoms with E-state index in [-0.39, 0.29) is 123 Å². The third kappa shape index (κ3) is 11.0. The van der Waals surface area contributed by atoms with E-state index < -0.39 is 130 Å². The van der Waals surface area contributed by atoms with Gasteiger partial charge in [-0.25, -0.2) is 0 Å². The van der Waals surface area contributed by atoms with Crippen molar-refractivity contribution in [3.8, 4) is 17.6 Å². The Labute approximate surface area is 541 Å². The minimum absolute atomic E-state index is 0.0187. The summed E-state index contributed by atoms with van der Waals surface area (Å²) >= 11 is 0. The largest absolute Gasteiger partial charge is 0.508 e. The van der Waals surface area contributed by atoms with Crippen molar-refractivity contribution in [2.24, 2.45) is 116 Å². The molecule has 0 spiro atoms. The second-order valence-electron chi connectivity index (χ2n) is 30.0. The number of aliphatic imine (C=N–C) groups is 1. The maximum Gasteiger partial charge on any atom is 0.313 e. The molecule has 2 aliphatic heterocycles. The fourth-order valence-corrected chi connectivity index (χ4v) is 24.6. The Balaban J connectivity index is 1.02. The number of phenols is 1. The Morgan fingerprint density at radius 2 is 1.69 bits per heavy atom. The van der Waals surface area contributed by atoms with Crippen LogP contribution in [0.25, 0.3) is 0 Å². The number of benzene rings is 1. The highest BCUT2D eigenvalue weighted by molar-refractivity contribution is 8.76. The van der Waals surface area contributed by atoms with Gasteiger partial charge in [0.2, 0.25) is 0 Å². The van der Waals surface area contributed by atoms with Crippen LogP contribution in [0.5, 0.6) is 5.75 Å². The third-order valence-electron chi connectivity index (χ3n) is 25.6. The predicted molar refractivity (Wildman–Crippen MR) is 346 cm³/mol. The summed E-state index contributed by atoms with van der Waals surface area (Å²) in [6.45, 7) is 3.19. The molecule has 18 nitrogen and oxygen atoms in total. The molecule has 0 amide bonds. The van der Waals surface area contributed by atoms with Gasteiger partial charge in [-0.2, -0.15) is 0 Å². The first kappa shape index (κ1) is 65.0. The Bertz CT molecular complexity index is 3240. The van der Waals surface area contributed by atoms with Crippen molar-refractivity contribution in [3.05, 3.63) is 88.9 Å². The second-order valence-corrected chi connectivity index (χ2v) is 32.5. The first-order chi connectivity index (χ1) is 43.6. The lowest BCUT2D eigenvalue weighted by atomic mass is 9.39. The maximum atomic E-state index is 16.9. The first-order valence-electron chi connectivity index (χ1n) is 33.9. The van der Waals surface area contributed by atoms with Crippen molar-refractivity contribution < 1.29 is 65.1 Å². The molecule has 7 fully saturated rings. The number of hydrogen-bond donors (Lipinski definition) is 13. The van der Waals surface area contributed by atoms with Gasteiger partial charge >= 0.3 is 5.97 Å². The van der Waals surface area contributed by atoms with Crippen LogP contribution in [0.4, 0.5) is 0 Å². The third-order valence-corrected chi connectivity index (χ3v) is 28.1. The molecule has 2 aromatic rings. The average molecular weight is 1290 g/mol. The van der Waals surface area contributed by atoms with Gasteiger partial charge in [-0.1, -0.05) is 89.6 Å². The zero-order valence-electron chi connectivity index (χ0n) is 52.4. The topological polar surface area (TPSA) is 335 Å². The standard InChI is InChI=1S/C71H95N5O13S2/c1-36-11-12-38-26-39-15-18-46-45(49-33-89-66(86)57(49)41-20-23-74-31-41)10-6-7-40-29-71(88)60-51(19-21-69(71,22-24-75-67(72)73)64(40)68(2,87)55(81)28-48(65(84)85)56(39)58(46)47(38)25-36)70(43-8-4-3-5-9-43)30-54(80)62(82)50-35-91-90-34-42(37-13-16-44(78)17-14-37)27-53(79)52(32-77)76-61(60)63(83)59(50)70/h13-18,20,23,26,31,36,39-40,42-43,45-52,54-59,62,64-65,74,76-78,80-82,84-85,87-88H,3-5,7-9,11-12,19,21-22,24-25,27-30,32-35H2,1-2H3,(H4,72,73,75)/t36-,39-,40-,42-,45-,46-,47-,48-,49-,50-,51+,52+,54+,55-,56+,57+,58+,59+,62-,64-,68+,69+,70+,71-/m1/s1. The van der Waals surface area contributed by atoms with Crippen LogP contribution in [0, 0.1) is 111 Å². The number of hydrogen-bond acceptors (Lipinski definition) is 17. The summed E-state index contributed by atoms with van der Waals surface area (Å²) in [4.78, 5) is 53.9. The van der Waals surface area contributed by atoms with Gasteiger partial charge in [0, 0.05) is 90.1 Å². The van der Waals surface area contributed by atoms with Crippen molar-refractivity contribution in [1.82, 2.24) is 10.3 Å². The number of fused-ring (bicyclic) bond motifs is 8. The number of allylic oxidation sites excluding steroid dienone is 5. The van der Waals surface area contributed by atoms with E-state index in [1.54, 1.807) is 37.4 Å². The highest BCUT2D eigenvalue weighted by Gasteiger charge is 2.76. The van der Waals surface area contributed by atoms with Crippen molar-refractivity contribution in [2.45, 2.75) is 170 Å². The fourth-order valence-electron chi connectivity index (χ4n) is 21.9. The van der Waals surface area contributed by atoms with Crippen LogP contribution >= 0.6 is 21.6 Å². The normalized spacial score (nSPS) is 44.2. The number of aliphatic hydroxyl groups excluding tert-OH is 5. The Kier molecular flexibility index (Phi) is 18.2. The number of H-pyrrole nitrogens is 1. The Morgan fingerprint density at radius 3 is 2.42 bits per heavy atom. The fraction of sp³-hybridized carbons (Fsp3) is 0.690. The predicted octanol–water partition coefficient (Wildman–Crippen LogP) is 6.12. The average Bonchev–Trinajstić information content (AvgIpc) is 1.63. The monoisotopic (exact) mass is 1290 g/mol. The maximum absolute atomic E-state index is 16.9. The van der Waals surface area contributed by atoms with E-state index in [0.717, 1.165) is 62.5 Å². The van der Waals surface area contributed by atoms with Gasteiger partial charge in [-0.15, -0.1) is 5.92 Å². The minimum atomic E-state index is -2.13. The number of nitrogens with zero attached hydrogens (tertiary/aromatic N) is 1. The second kappa shape index (κ2) is 25.5. The molecule has 3 heterocycles. The number of ether oxygens (including phenoxy) is 1. The van der Waals surface area contributed by atoms with Crippen molar-refractivity contribution in [1.29, 1.82) is 0 Å². The van der Waals surface area contributed by atoms with Gasteiger partial charge in [0.1, 0.15) is 11.8 Å². The number of ketones is 2. The van der Waals surface area contributed by atoms with Crippen LogP contribution < -0.4 is 16.8 Å². The SMILES string of the molecule is C[C@@H]1CCC2=C[C@H]3C=C[C@@H]4[C@H]([C@H]5COC(=O)[C@H]5c5cc[nH]c5)C#CC[C@@H]5C[C@@]6(O)C7=C8N[C@@H](CO)C(=O)C[C@@H](c9ccc(O)cc9)CSSC[C@H]9[C@@H](O)[C@@H](O)C[C@@](C%10CCCCC%10)([C@@H]9C8=O)[C@H]7CC[C@]6(CCN=C(N)N)[C@H]5[C@@](C)(O)[C@H](O)C[C@@H](C(O)O)[C@H]3[C@@H]4[C@@H]2C1. The van der Waals surface area contributed by atoms with Gasteiger partial charge in [-0.3, -0.25) is 19.4 Å². The van der Waals surface area contributed by atoms with Crippen LogP contribution in [0.15, 0.2) is 82.8 Å². The molecule has 6 bridgehead atoms. The molecule has 1 aromatic carbocycles. The molecule has 15 N–H and O–H groups in total. The van der Waals surface area contributed by atoms with Crippen molar-refractivity contribution in [2.75, 3.05) is 31.3 Å². The number of rotatable bonds is 9. The molecule has 20 heteroatoms. The number of cyclic esters (lactones) is 1. The van der Waals surface area contributed by atoms with Crippen LogP contribution in [-0.2, 0) is 19.1 Å². The summed E-state index contributed by atoms with van der Waals surface area (Å²) in [6, 6.07) is 7.22. The summed E-state index contributed by atoms with van der Waals surface area (Å²) in [5.41, 5.74) is 8.80. The van der Waals surface area contributed by atoms with E-state index in [4.69, 9.17) is 16.2 Å². The van der Waals surface area contributed by atoms with E-state index in [2.05, 4.69) is 52.3 Å². The van der Waals surface area contributed by atoms with Gasteiger partial charge in [-0.05, 0) is 171 Å². The quantitative estimate of drug-likeness (QED) is 0.0256. The first-order valence-corrected chi connectivity index (χ1v) is 36.4. The Hall–Kier alpha value is -4.66. The molecule has 5 saturated carbocycles. The lowest BCUT2D eigenvalue weighted by Gasteiger charge is -2.66. The number of nitrogens with two attached hydrogens (primary N) is 2. The minimum Gasteiger partial charge on any atom is -0.508 e. The number of phenolic OH excluding ortho intramolecular Hbond substituents is 1. The van der Waals surface area contributed by atoms with Gasteiger partial charge in [0.25, 0.3) is 0 Å². The van der Waals surface area contributed by atoms with E-state index >= 15 is 14.7 Å². The zero-order valence-corrected chi connectivity index (χ0v) is 54.0. The molecule has 11 aliphatic rings.